The van der Waals surface area contributed by atoms with Gasteiger partial charge in [0.25, 0.3) is 5.91 Å². The van der Waals surface area contributed by atoms with Crippen LogP contribution in [-0.4, -0.2) is 16.6 Å². The third-order valence-corrected chi connectivity index (χ3v) is 3.41. The molecule has 1 aliphatic carbocycles. The largest absolute Gasteiger partial charge is 0.356 e. The maximum absolute atomic E-state index is 11.7. The first kappa shape index (κ1) is 12.4. The lowest BCUT2D eigenvalue weighted by Crippen LogP contribution is -2.22. The molecule has 1 saturated carbocycles. The van der Waals surface area contributed by atoms with Crippen LogP contribution in [0.2, 0.25) is 0 Å². The Kier molecular flexibility index (Phi) is 3.99. The summed E-state index contributed by atoms with van der Waals surface area (Å²) in [7, 11) is 0. The molecule has 0 aromatic carbocycles. The van der Waals surface area contributed by atoms with Crippen molar-refractivity contribution in [3.63, 3.8) is 0 Å². The zero-order valence-electron chi connectivity index (χ0n) is 9.79. The molecular formula is C12H16BrN3O. The Bertz CT molecular complexity index is 439. The summed E-state index contributed by atoms with van der Waals surface area (Å²) in [5.74, 6) is 0.487. The number of aromatic nitrogens is 1. The Hall–Kier alpha value is -1.10. The van der Waals surface area contributed by atoms with Crippen LogP contribution in [0.25, 0.3) is 0 Å². The molecule has 1 aromatic rings. The van der Waals surface area contributed by atoms with Gasteiger partial charge in [0.15, 0.2) is 0 Å². The summed E-state index contributed by atoms with van der Waals surface area (Å²) in [4.78, 5) is 14.6. The van der Waals surface area contributed by atoms with E-state index in [0.29, 0.717) is 11.6 Å². The third-order valence-electron chi connectivity index (χ3n) is 2.95. The number of nitrogens with zero attached hydrogens (tertiary/aromatic N) is 1. The SMILES string of the molecule is C[C@@H]1CCC/C(=N\NC(=O)c2cc(Br)c[nH]2)C1. The van der Waals surface area contributed by atoms with Gasteiger partial charge in [-0.3, -0.25) is 4.79 Å². The van der Waals surface area contributed by atoms with E-state index >= 15 is 0 Å². The van der Waals surface area contributed by atoms with Gasteiger partial charge in [-0.1, -0.05) is 6.92 Å². The minimum absolute atomic E-state index is 0.193. The van der Waals surface area contributed by atoms with Crippen molar-refractivity contribution in [2.75, 3.05) is 0 Å². The lowest BCUT2D eigenvalue weighted by Gasteiger charge is -2.18. The molecule has 1 fully saturated rings. The predicted molar refractivity (Wildman–Crippen MR) is 71.0 cm³/mol. The zero-order valence-corrected chi connectivity index (χ0v) is 11.4. The Morgan fingerprint density at radius 2 is 2.47 bits per heavy atom. The number of hydrogen-bond acceptors (Lipinski definition) is 2. The summed E-state index contributed by atoms with van der Waals surface area (Å²) in [5.41, 5.74) is 4.22. The first-order valence-electron chi connectivity index (χ1n) is 5.85. The molecule has 1 amide bonds. The molecule has 0 radical (unpaired) electrons. The molecule has 2 N–H and O–H groups in total. The molecule has 0 bridgehead atoms. The molecular weight excluding hydrogens is 282 g/mol. The number of nitrogens with one attached hydrogen (secondary N) is 2. The van der Waals surface area contributed by atoms with Gasteiger partial charge in [0.05, 0.1) is 0 Å². The Labute approximate surface area is 109 Å². The van der Waals surface area contributed by atoms with E-state index < -0.39 is 0 Å². The van der Waals surface area contributed by atoms with Gasteiger partial charge in [-0.05, 0) is 53.6 Å². The molecule has 92 valence electrons. The van der Waals surface area contributed by atoms with Gasteiger partial charge >= 0.3 is 0 Å². The predicted octanol–water partition coefficient (Wildman–Crippen LogP) is 3.07. The molecule has 17 heavy (non-hydrogen) atoms. The van der Waals surface area contributed by atoms with Crippen LogP contribution in [0, 0.1) is 5.92 Å². The van der Waals surface area contributed by atoms with E-state index in [2.05, 4.69) is 38.4 Å². The van der Waals surface area contributed by atoms with E-state index in [1.54, 1.807) is 12.3 Å². The van der Waals surface area contributed by atoms with Crippen molar-refractivity contribution >= 4 is 27.5 Å². The third kappa shape index (κ3) is 3.43. The number of hydrogen-bond donors (Lipinski definition) is 2. The highest BCUT2D eigenvalue weighted by Gasteiger charge is 2.14. The van der Waals surface area contributed by atoms with E-state index in [1.807, 2.05) is 0 Å². The van der Waals surface area contributed by atoms with Crippen LogP contribution >= 0.6 is 15.9 Å². The van der Waals surface area contributed by atoms with Crippen LogP contribution in [0.5, 0.6) is 0 Å². The van der Waals surface area contributed by atoms with Crippen LogP contribution in [0.15, 0.2) is 21.8 Å². The van der Waals surface area contributed by atoms with Crippen LogP contribution in [0.1, 0.15) is 43.1 Å². The first-order chi connectivity index (χ1) is 8.15. The fourth-order valence-corrected chi connectivity index (χ4v) is 2.39. The lowest BCUT2D eigenvalue weighted by molar-refractivity contribution is 0.0950. The van der Waals surface area contributed by atoms with Crippen molar-refractivity contribution in [2.45, 2.75) is 32.6 Å². The molecule has 4 nitrogen and oxygen atoms in total. The molecule has 1 aliphatic rings. The highest BCUT2D eigenvalue weighted by atomic mass is 79.9. The minimum atomic E-state index is -0.193. The average Bonchev–Trinajstić information content (AvgIpc) is 2.73. The average molecular weight is 298 g/mol. The topological polar surface area (TPSA) is 57.2 Å². The number of rotatable bonds is 2. The second-order valence-corrected chi connectivity index (χ2v) is 5.47. The number of amides is 1. The maximum Gasteiger partial charge on any atom is 0.287 e. The Morgan fingerprint density at radius 1 is 1.65 bits per heavy atom. The molecule has 2 rings (SSSR count). The summed E-state index contributed by atoms with van der Waals surface area (Å²) in [6.45, 7) is 2.22. The lowest BCUT2D eigenvalue weighted by atomic mass is 9.89. The van der Waals surface area contributed by atoms with Crippen LogP contribution in [-0.2, 0) is 0 Å². The fraction of sp³-hybridized carbons (Fsp3) is 0.500. The van der Waals surface area contributed by atoms with Gasteiger partial charge in [-0.25, -0.2) is 5.43 Å². The number of halogens is 1. The highest BCUT2D eigenvalue weighted by Crippen LogP contribution is 2.21. The number of carbonyl (C=O) groups is 1. The standard InChI is InChI=1S/C12H16BrN3O/c1-8-3-2-4-10(5-8)15-16-12(17)11-6-9(13)7-14-11/h6-8,14H,2-5H2,1H3,(H,16,17)/b15-10+/t8-/m1/s1. The monoisotopic (exact) mass is 297 g/mol. The normalized spacial score (nSPS) is 22.7. The summed E-state index contributed by atoms with van der Waals surface area (Å²) in [6.07, 6.45) is 6.15. The van der Waals surface area contributed by atoms with Crippen LogP contribution < -0.4 is 5.43 Å². The second kappa shape index (κ2) is 5.49. The molecule has 1 aromatic heterocycles. The summed E-state index contributed by atoms with van der Waals surface area (Å²) in [5, 5.41) is 4.20. The molecule has 0 unspecified atom stereocenters. The van der Waals surface area contributed by atoms with Crippen molar-refractivity contribution in [1.82, 2.24) is 10.4 Å². The number of carbonyl (C=O) groups excluding carboxylic acids is 1. The maximum atomic E-state index is 11.7. The zero-order chi connectivity index (χ0) is 12.3. The molecule has 1 heterocycles. The number of H-pyrrole nitrogens is 1. The fourth-order valence-electron chi connectivity index (χ4n) is 2.05. The summed E-state index contributed by atoms with van der Waals surface area (Å²) < 4.78 is 0.863. The van der Waals surface area contributed by atoms with Crippen molar-refractivity contribution in [2.24, 2.45) is 11.0 Å². The Balaban J connectivity index is 1.93. The number of hydrazone groups is 1. The Morgan fingerprint density at radius 3 is 3.12 bits per heavy atom. The van der Waals surface area contributed by atoms with Crippen LogP contribution in [0.3, 0.4) is 0 Å². The van der Waals surface area contributed by atoms with Crippen molar-refractivity contribution in [1.29, 1.82) is 0 Å². The quantitative estimate of drug-likeness (QED) is 0.810. The van der Waals surface area contributed by atoms with E-state index in [9.17, 15) is 4.79 Å². The molecule has 1 atom stereocenters. The van der Waals surface area contributed by atoms with Gasteiger partial charge in [0, 0.05) is 16.4 Å². The highest BCUT2D eigenvalue weighted by molar-refractivity contribution is 9.10. The van der Waals surface area contributed by atoms with Crippen molar-refractivity contribution < 1.29 is 4.79 Å². The van der Waals surface area contributed by atoms with Gasteiger partial charge in [0.1, 0.15) is 5.69 Å². The van der Waals surface area contributed by atoms with Gasteiger partial charge in [-0.15, -0.1) is 0 Å². The summed E-state index contributed by atoms with van der Waals surface area (Å²) in [6, 6.07) is 1.74. The van der Waals surface area contributed by atoms with Crippen molar-refractivity contribution in [3.8, 4) is 0 Å². The minimum Gasteiger partial charge on any atom is -0.356 e. The van der Waals surface area contributed by atoms with Gasteiger partial charge < -0.3 is 4.98 Å². The number of aromatic amines is 1. The van der Waals surface area contributed by atoms with Crippen molar-refractivity contribution in [3.05, 3.63) is 22.4 Å². The molecule has 5 heteroatoms. The second-order valence-electron chi connectivity index (χ2n) is 4.55. The van der Waals surface area contributed by atoms with E-state index in [1.165, 1.54) is 12.8 Å². The first-order valence-corrected chi connectivity index (χ1v) is 6.64. The van der Waals surface area contributed by atoms with E-state index in [-0.39, 0.29) is 5.91 Å². The van der Waals surface area contributed by atoms with Crippen LogP contribution in [0.4, 0.5) is 0 Å². The summed E-state index contributed by atoms with van der Waals surface area (Å²) >= 11 is 3.29. The van der Waals surface area contributed by atoms with Gasteiger partial charge in [-0.2, -0.15) is 5.10 Å². The van der Waals surface area contributed by atoms with Gasteiger partial charge in [0.2, 0.25) is 0 Å². The molecule has 0 saturated heterocycles. The molecule has 0 spiro atoms. The van der Waals surface area contributed by atoms with E-state index in [4.69, 9.17) is 0 Å². The van der Waals surface area contributed by atoms with E-state index in [0.717, 1.165) is 23.0 Å². The molecule has 0 aliphatic heterocycles. The smallest absolute Gasteiger partial charge is 0.287 e.